The molecule has 1 rings (SSSR count). The number of hydrogen-bond donors (Lipinski definition) is 2. The Hall–Kier alpha value is -1.58. The van der Waals surface area contributed by atoms with E-state index in [9.17, 15) is 14.3 Å². The zero-order valence-corrected chi connectivity index (χ0v) is 11.2. The fourth-order valence-corrected chi connectivity index (χ4v) is 2.37. The first-order valence-corrected chi connectivity index (χ1v) is 5.92. The van der Waals surface area contributed by atoms with Crippen molar-refractivity contribution in [2.75, 3.05) is 5.73 Å². The van der Waals surface area contributed by atoms with E-state index in [2.05, 4.69) is 0 Å². The van der Waals surface area contributed by atoms with Gasteiger partial charge in [-0.1, -0.05) is 33.8 Å². The summed E-state index contributed by atoms with van der Waals surface area (Å²) >= 11 is 0. The average Bonchev–Trinajstić information content (AvgIpc) is 2.19. The predicted molar refractivity (Wildman–Crippen MR) is 69.8 cm³/mol. The molecule has 0 radical (unpaired) electrons. The first-order valence-electron chi connectivity index (χ1n) is 5.92. The van der Waals surface area contributed by atoms with Crippen molar-refractivity contribution < 1.29 is 14.3 Å². The molecule has 0 aliphatic carbocycles. The Morgan fingerprint density at radius 2 is 1.94 bits per heavy atom. The second-order valence-corrected chi connectivity index (χ2v) is 5.75. The second-order valence-electron chi connectivity index (χ2n) is 5.75. The first kappa shape index (κ1) is 14.5. The van der Waals surface area contributed by atoms with Crippen LogP contribution in [0.25, 0.3) is 0 Å². The molecule has 3 N–H and O–H groups in total. The summed E-state index contributed by atoms with van der Waals surface area (Å²) in [7, 11) is 0. The van der Waals surface area contributed by atoms with Gasteiger partial charge in [0.25, 0.3) is 0 Å². The molecule has 1 aromatic rings. The largest absolute Gasteiger partial charge is 0.481 e. The fraction of sp³-hybridized carbons (Fsp3) is 0.500. The molecule has 100 valence electrons. The van der Waals surface area contributed by atoms with Crippen LogP contribution in [0.15, 0.2) is 18.2 Å². The topological polar surface area (TPSA) is 63.3 Å². The van der Waals surface area contributed by atoms with Gasteiger partial charge in [0.15, 0.2) is 0 Å². The van der Waals surface area contributed by atoms with Crippen LogP contribution in [0.4, 0.5) is 10.1 Å². The third kappa shape index (κ3) is 3.00. The van der Waals surface area contributed by atoms with Crippen molar-refractivity contribution in [2.45, 2.75) is 33.6 Å². The smallest absolute Gasteiger partial charge is 0.307 e. The summed E-state index contributed by atoms with van der Waals surface area (Å²) in [4.78, 5) is 11.4. The van der Waals surface area contributed by atoms with E-state index in [1.54, 1.807) is 6.07 Å². The summed E-state index contributed by atoms with van der Waals surface area (Å²) in [5, 5.41) is 9.36. The highest BCUT2D eigenvalue weighted by molar-refractivity contribution is 5.72. The lowest BCUT2D eigenvalue weighted by atomic mass is 9.71. The third-order valence-electron chi connectivity index (χ3n) is 3.24. The van der Waals surface area contributed by atoms with Crippen molar-refractivity contribution in [3.05, 3.63) is 29.6 Å². The SMILES string of the molecule is C[C@@H](c1ccc(F)c(N)c1)C(C(=O)O)C(C)(C)C. The van der Waals surface area contributed by atoms with Crippen molar-refractivity contribution in [2.24, 2.45) is 11.3 Å². The molecule has 0 aromatic heterocycles. The summed E-state index contributed by atoms with van der Waals surface area (Å²) < 4.78 is 13.1. The molecule has 18 heavy (non-hydrogen) atoms. The Kier molecular flexibility index (Phi) is 3.99. The van der Waals surface area contributed by atoms with Crippen LogP contribution in [0.5, 0.6) is 0 Å². The van der Waals surface area contributed by atoms with Crippen LogP contribution in [-0.2, 0) is 4.79 Å². The van der Waals surface area contributed by atoms with Gasteiger partial charge in [0.2, 0.25) is 0 Å². The van der Waals surface area contributed by atoms with Crippen LogP contribution < -0.4 is 5.73 Å². The van der Waals surface area contributed by atoms with E-state index in [1.807, 2.05) is 27.7 Å². The molecule has 0 spiro atoms. The third-order valence-corrected chi connectivity index (χ3v) is 3.24. The minimum absolute atomic E-state index is 0.0531. The highest BCUT2D eigenvalue weighted by Gasteiger charge is 2.36. The first-order chi connectivity index (χ1) is 8.14. The average molecular weight is 253 g/mol. The van der Waals surface area contributed by atoms with E-state index < -0.39 is 17.7 Å². The number of aliphatic carboxylic acids is 1. The normalized spacial score (nSPS) is 15.2. The number of nitrogens with two attached hydrogens (primary N) is 1. The molecule has 0 saturated carbocycles. The Labute approximate surface area is 107 Å². The van der Waals surface area contributed by atoms with Crippen molar-refractivity contribution in [3.63, 3.8) is 0 Å². The van der Waals surface area contributed by atoms with Gasteiger partial charge in [-0.15, -0.1) is 0 Å². The minimum atomic E-state index is -0.849. The van der Waals surface area contributed by atoms with Crippen LogP contribution in [0.2, 0.25) is 0 Å². The molecule has 1 unspecified atom stereocenters. The van der Waals surface area contributed by atoms with E-state index in [1.165, 1.54) is 12.1 Å². The molecule has 0 bridgehead atoms. The molecule has 0 amide bonds. The molecule has 4 heteroatoms. The molecule has 0 fully saturated rings. The Balaban J connectivity index is 3.14. The van der Waals surface area contributed by atoms with Crippen LogP contribution in [0.1, 0.15) is 39.2 Å². The minimum Gasteiger partial charge on any atom is -0.481 e. The van der Waals surface area contributed by atoms with Crippen molar-refractivity contribution >= 4 is 11.7 Å². The van der Waals surface area contributed by atoms with Gasteiger partial charge in [0.05, 0.1) is 11.6 Å². The van der Waals surface area contributed by atoms with Crippen molar-refractivity contribution in [1.29, 1.82) is 0 Å². The van der Waals surface area contributed by atoms with Gasteiger partial charge in [0.1, 0.15) is 5.82 Å². The van der Waals surface area contributed by atoms with Gasteiger partial charge in [-0.3, -0.25) is 4.79 Å². The zero-order valence-electron chi connectivity index (χ0n) is 11.2. The molecule has 1 aromatic carbocycles. The zero-order chi connectivity index (χ0) is 14.1. The molecular weight excluding hydrogens is 233 g/mol. The molecule has 3 nitrogen and oxygen atoms in total. The molecule has 0 aliphatic rings. The van der Waals surface area contributed by atoms with Gasteiger partial charge in [0, 0.05) is 0 Å². The number of hydrogen-bond acceptors (Lipinski definition) is 2. The quantitative estimate of drug-likeness (QED) is 0.813. The van der Waals surface area contributed by atoms with E-state index in [4.69, 9.17) is 5.73 Å². The van der Waals surface area contributed by atoms with Crippen molar-refractivity contribution in [1.82, 2.24) is 0 Å². The van der Waals surface area contributed by atoms with Gasteiger partial charge < -0.3 is 10.8 Å². The fourth-order valence-electron chi connectivity index (χ4n) is 2.37. The van der Waals surface area contributed by atoms with E-state index in [0.29, 0.717) is 0 Å². The highest BCUT2D eigenvalue weighted by atomic mass is 19.1. The Morgan fingerprint density at radius 3 is 2.33 bits per heavy atom. The molecule has 0 aliphatic heterocycles. The predicted octanol–water partition coefficient (Wildman–Crippen LogP) is 3.26. The van der Waals surface area contributed by atoms with Crippen LogP contribution >= 0.6 is 0 Å². The number of halogens is 1. The van der Waals surface area contributed by atoms with E-state index in [0.717, 1.165) is 5.56 Å². The Bertz CT molecular complexity index is 452. The van der Waals surface area contributed by atoms with E-state index >= 15 is 0 Å². The summed E-state index contributed by atoms with van der Waals surface area (Å²) in [6.07, 6.45) is 0. The van der Waals surface area contributed by atoms with Crippen LogP contribution in [0, 0.1) is 17.2 Å². The molecule has 0 saturated heterocycles. The number of carbonyl (C=O) groups is 1. The van der Waals surface area contributed by atoms with Crippen molar-refractivity contribution in [3.8, 4) is 0 Å². The molecule has 2 atom stereocenters. The number of anilines is 1. The van der Waals surface area contributed by atoms with Crippen LogP contribution in [-0.4, -0.2) is 11.1 Å². The maximum atomic E-state index is 13.1. The lowest BCUT2D eigenvalue weighted by molar-refractivity contribution is -0.146. The maximum absolute atomic E-state index is 13.1. The standard InChI is InChI=1S/C14H20FNO2/c1-8(12(13(17)18)14(2,3)4)9-5-6-10(15)11(16)7-9/h5-8,12H,16H2,1-4H3,(H,17,18)/t8-,12?/m0/s1. The number of rotatable bonds is 3. The van der Waals surface area contributed by atoms with E-state index in [-0.39, 0.29) is 17.0 Å². The summed E-state index contributed by atoms with van der Waals surface area (Å²) in [6, 6.07) is 4.39. The number of benzene rings is 1. The molecular formula is C14H20FNO2. The maximum Gasteiger partial charge on any atom is 0.307 e. The van der Waals surface area contributed by atoms with Gasteiger partial charge in [-0.25, -0.2) is 4.39 Å². The number of nitrogen functional groups attached to an aromatic ring is 1. The summed E-state index contributed by atoms with van der Waals surface area (Å²) in [5.41, 5.74) is 5.94. The Morgan fingerprint density at radius 1 is 1.39 bits per heavy atom. The second kappa shape index (κ2) is 4.96. The van der Waals surface area contributed by atoms with Gasteiger partial charge in [-0.05, 0) is 29.0 Å². The lowest BCUT2D eigenvalue weighted by Gasteiger charge is -2.32. The monoisotopic (exact) mass is 253 g/mol. The number of carboxylic acids is 1. The van der Waals surface area contributed by atoms with Crippen LogP contribution in [0.3, 0.4) is 0 Å². The number of carboxylic acid groups (broad SMARTS) is 1. The lowest BCUT2D eigenvalue weighted by Crippen LogP contribution is -2.32. The summed E-state index contributed by atoms with van der Waals surface area (Å²) in [5.74, 6) is -2.11. The summed E-state index contributed by atoms with van der Waals surface area (Å²) in [6.45, 7) is 7.48. The highest BCUT2D eigenvalue weighted by Crippen LogP contribution is 2.38. The van der Waals surface area contributed by atoms with Gasteiger partial charge >= 0.3 is 5.97 Å². The van der Waals surface area contributed by atoms with Gasteiger partial charge in [-0.2, -0.15) is 0 Å². The molecule has 0 heterocycles.